The summed E-state index contributed by atoms with van der Waals surface area (Å²) in [5.74, 6) is -0.106. The smallest absolute Gasteiger partial charge is 0.319 e. The number of hydrogen-bond donors (Lipinski definition) is 3. The Morgan fingerprint density at radius 3 is 2.65 bits per heavy atom. The van der Waals surface area contributed by atoms with Gasteiger partial charge in [-0.1, -0.05) is 35.3 Å². The third-order valence-electron chi connectivity index (χ3n) is 5.96. The first kappa shape index (κ1) is 26.9. The molecule has 3 aromatic rings. The van der Waals surface area contributed by atoms with E-state index in [1.54, 1.807) is 31.3 Å². The minimum absolute atomic E-state index is 0.101. The van der Waals surface area contributed by atoms with E-state index in [9.17, 15) is 9.18 Å². The Labute approximate surface area is 224 Å². The number of aromatic nitrogens is 1. The molecule has 1 aromatic heterocycles. The van der Waals surface area contributed by atoms with Crippen molar-refractivity contribution in [3.63, 3.8) is 0 Å². The van der Waals surface area contributed by atoms with Crippen LogP contribution < -0.4 is 21.1 Å². The van der Waals surface area contributed by atoms with Crippen LogP contribution in [0, 0.1) is 5.82 Å². The molecule has 11 heteroatoms. The summed E-state index contributed by atoms with van der Waals surface area (Å²) >= 11 is 12.3. The lowest BCUT2D eigenvalue weighted by molar-refractivity contribution is 0.0388. The van der Waals surface area contributed by atoms with Gasteiger partial charge in [0.25, 0.3) is 0 Å². The molecule has 1 unspecified atom stereocenters. The minimum Gasteiger partial charge on any atom is -0.482 e. The molecule has 2 aromatic carbocycles. The number of nitrogens with one attached hydrogen (secondary N) is 2. The number of amides is 2. The molecule has 1 fully saturated rings. The zero-order valence-electron chi connectivity index (χ0n) is 20.3. The molecule has 4 rings (SSSR count). The molecular weight excluding hydrogens is 520 g/mol. The number of benzene rings is 2. The number of rotatable bonds is 8. The number of anilines is 2. The second-order valence-electron chi connectivity index (χ2n) is 8.54. The number of ether oxygens (including phenoxy) is 2. The molecule has 0 spiro atoms. The van der Waals surface area contributed by atoms with E-state index in [2.05, 4.69) is 20.5 Å². The molecule has 4 N–H and O–H groups in total. The highest BCUT2D eigenvalue weighted by Gasteiger charge is 2.20. The van der Waals surface area contributed by atoms with Gasteiger partial charge in [-0.2, -0.15) is 0 Å². The highest BCUT2D eigenvalue weighted by molar-refractivity contribution is 6.36. The van der Waals surface area contributed by atoms with E-state index in [4.69, 9.17) is 38.4 Å². The van der Waals surface area contributed by atoms with Crippen LogP contribution in [0.3, 0.4) is 0 Å². The summed E-state index contributed by atoms with van der Waals surface area (Å²) in [6.45, 7) is 6.24. The van der Waals surface area contributed by atoms with Gasteiger partial charge in [-0.05, 0) is 42.8 Å². The maximum absolute atomic E-state index is 14.0. The van der Waals surface area contributed by atoms with Crippen molar-refractivity contribution in [1.29, 1.82) is 0 Å². The lowest BCUT2D eigenvalue weighted by Gasteiger charge is -2.26. The normalized spacial score (nSPS) is 14.7. The lowest BCUT2D eigenvalue weighted by atomic mass is 10.1. The molecule has 37 heavy (non-hydrogen) atoms. The van der Waals surface area contributed by atoms with E-state index in [1.165, 1.54) is 12.1 Å². The number of pyridine rings is 1. The summed E-state index contributed by atoms with van der Waals surface area (Å²) in [7, 11) is 0. The Bertz CT molecular complexity index is 1240. The van der Waals surface area contributed by atoms with E-state index in [0.29, 0.717) is 23.5 Å². The zero-order valence-corrected chi connectivity index (χ0v) is 21.8. The van der Waals surface area contributed by atoms with Crippen LogP contribution in [0.4, 0.5) is 20.7 Å². The minimum atomic E-state index is -0.677. The standard InChI is InChI=1S/C26H28Cl2FN5O3/c1-16(23-20(27)6-7-21(29)24(23)28)37-22-14-18(15-32-25(22)30)17-2-4-19(5-3-17)33-26(35)31-8-9-34-10-12-36-13-11-34/h2-7,14-16H,8-13H2,1H3,(H2,30,32)(H2,31,33,35). The topological polar surface area (TPSA) is 102 Å². The Balaban J connectivity index is 1.37. The average Bonchev–Trinajstić information content (AvgIpc) is 2.89. The van der Waals surface area contributed by atoms with Crippen molar-refractivity contribution in [2.75, 3.05) is 50.4 Å². The van der Waals surface area contributed by atoms with Gasteiger partial charge in [0.1, 0.15) is 11.9 Å². The van der Waals surface area contributed by atoms with E-state index >= 15 is 0 Å². The molecule has 2 amide bonds. The quantitative estimate of drug-likeness (QED) is 0.327. The molecule has 8 nitrogen and oxygen atoms in total. The van der Waals surface area contributed by atoms with Gasteiger partial charge in [-0.25, -0.2) is 14.2 Å². The summed E-state index contributed by atoms with van der Waals surface area (Å²) in [5.41, 5.74) is 8.58. The van der Waals surface area contributed by atoms with E-state index in [1.807, 2.05) is 12.1 Å². The number of morpholine rings is 1. The van der Waals surface area contributed by atoms with Crippen LogP contribution >= 0.6 is 23.2 Å². The first-order valence-electron chi connectivity index (χ1n) is 11.8. The van der Waals surface area contributed by atoms with Crippen LogP contribution in [0.5, 0.6) is 5.75 Å². The van der Waals surface area contributed by atoms with E-state index in [0.717, 1.165) is 44.0 Å². The number of urea groups is 1. The van der Waals surface area contributed by atoms with Crippen LogP contribution in [0.2, 0.25) is 10.0 Å². The summed E-state index contributed by atoms with van der Waals surface area (Å²) < 4.78 is 25.2. The highest BCUT2D eigenvalue weighted by Crippen LogP contribution is 2.37. The van der Waals surface area contributed by atoms with E-state index < -0.39 is 11.9 Å². The number of nitrogens with zero attached hydrogens (tertiary/aromatic N) is 2. The van der Waals surface area contributed by atoms with Gasteiger partial charge in [0.15, 0.2) is 11.6 Å². The number of halogens is 3. The largest absolute Gasteiger partial charge is 0.482 e. The maximum atomic E-state index is 14.0. The van der Waals surface area contributed by atoms with Crippen molar-refractivity contribution in [3.05, 3.63) is 70.1 Å². The van der Waals surface area contributed by atoms with Gasteiger partial charge in [0.2, 0.25) is 0 Å². The molecule has 1 atom stereocenters. The second-order valence-corrected chi connectivity index (χ2v) is 9.32. The van der Waals surface area contributed by atoms with E-state index in [-0.39, 0.29) is 21.9 Å². The zero-order chi connectivity index (χ0) is 26.4. The molecule has 0 radical (unpaired) electrons. The third-order valence-corrected chi connectivity index (χ3v) is 6.68. The molecule has 1 aliphatic rings. The molecule has 1 saturated heterocycles. The lowest BCUT2D eigenvalue weighted by Crippen LogP contribution is -2.42. The number of nitrogens with two attached hydrogens (primary N) is 1. The number of carbonyl (C=O) groups excluding carboxylic acids is 1. The van der Waals surface area contributed by atoms with Crippen LogP contribution in [0.15, 0.2) is 48.7 Å². The first-order valence-corrected chi connectivity index (χ1v) is 12.6. The Hall–Kier alpha value is -3.11. The van der Waals surface area contributed by atoms with Gasteiger partial charge in [0, 0.05) is 54.2 Å². The van der Waals surface area contributed by atoms with Crippen LogP contribution in [-0.4, -0.2) is 55.3 Å². The number of hydrogen-bond acceptors (Lipinski definition) is 6. The fourth-order valence-electron chi connectivity index (χ4n) is 3.95. The molecule has 0 bridgehead atoms. The highest BCUT2D eigenvalue weighted by atomic mass is 35.5. The molecule has 196 valence electrons. The molecule has 0 aliphatic carbocycles. The Kier molecular flexibility index (Phi) is 9.04. The predicted molar refractivity (Wildman–Crippen MR) is 144 cm³/mol. The van der Waals surface area contributed by atoms with Crippen LogP contribution in [-0.2, 0) is 4.74 Å². The second kappa shape index (κ2) is 12.4. The van der Waals surface area contributed by atoms with Crippen molar-refractivity contribution in [3.8, 4) is 16.9 Å². The van der Waals surface area contributed by atoms with Crippen molar-refractivity contribution in [1.82, 2.24) is 15.2 Å². The maximum Gasteiger partial charge on any atom is 0.319 e. The van der Waals surface area contributed by atoms with Gasteiger partial charge < -0.3 is 25.8 Å². The molecule has 0 saturated carbocycles. The molecule has 2 heterocycles. The van der Waals surface area contributed by atoms with Crippen molar-refractivity contribution in [2.24, 2.45) is 0 Å². The van der Waals surface area contributed by atoms with Gasteiger partial charge >= 0.3 is 6.03 Å². The van der Waals surface area contributed by atoms with Crippen LogP contribution in [0.25, 0.3) is 11.1 Å². The summed E-state index contributed by atoms with van der Waals surface area (Å²) in [5, 5.41) is 5.88. The van der Waals surface area contributed by atoms with Gasteiger partial charge in [0.05, 0.1) is 18.2 Å². The molecular formula is C26H28Cl2FN5O3. The Morgan fingerprint density at radius 1 is 1.19 bits per heavy atom. The van der Waals surface area contributed by atoms with Crippen molar-refractivity contribution >= 4 is 40.7 Å². The fraction of sp³-hybridized carbons (Fsp3) is 0.308. The summed E-state index contributed by atoms with van der Waals surface area (Å²) in [4.78, 5) is 18.7. The monoisotopic (exact) mass is 547 g/mol. The van der Waals surface area contributed by atoms with Crippen molar-refractivity contribution in [2.45, 2.75) is 13.0 Å². The fourth-order valence-corrected chi connectivity index (χ4v) is 4.62. The Morgan fingerprint density at radius 2 is 1.92 bits per heavy atom. The summed E-state index contributed by atoms with van der Waals surface area (Å²) in [6.07, 6.45) is 0.943. The summed E-state index contributed by atoms with van der Waals surface area (Å²) in [6, 6.07) is 11.4. The first-order chi connectivity index (χ1) is 17.8. The van der Waals surface area contributed by atoms with Crippen molar-refractivity contribution < 1.29 is 18.7 Å². The number of nitrogen functional groups attached to an aromatic ring is 1. The SMILES string of the molecule is CC(Oc1cc(-c2ccc(NC(=O)NCCN3CCOCC3)cc2)cnc1N)c1c(Cl)ccc(F)c1Cl. The number of carbonyl (C=O) groups is 1. The predicted octanol–water partition coefficient (Wildman–Crippen LogP) is 5.37. The van der Waals surface area contributed by atoms with Gasteiger partial charge in [-0.3, -0.25) is 4.90 Å². The molecule has 1 aliphatic heterocycles. The average molecular weight is 548 g/mol. The third kappa shape index (κ3) is 7.01. The van der Waals surface area contributed by atoms with Crippen LogP contribution in [0.1, 0.15) is 18.6 Å². The van der Waals surface area contributed by atoms with Gasteiger partial charge in [-0.15, -0.1) is 0 Å².